The van der Waals surface area contributed by atoms with Gasteiger partial charge in [-0.15, -0.1) is 0 Å². The summed E-state index contributed by atoms with van der Waals surface area (Å²) in [4.78, 5) is 0. The Morgan fingerprint density at radius 1 is 0.684 bits per heavy atom. The second-order valence-electron chi connectivity index (χ2n) is 5.60. The highest BCUT2D eigenvalue weighted by Crippen LogP contribution is 2.40. The summed E-state index contributed by atoms with van der Waals surface area (Å²) in [7, 11) is 0. The quantitative estimate of drug-likeness (QED) is 0.878. The zero-order valence-corrected chi connectivity index (χ0v) is 11.6. The van der Waals surface area contributed by atoms with Gasteiger partial charge < -0.3 is 11.5 Å². The van der Waals surface area contributed by atoms with Gasteiger partial charge in [-0.25, -0.2) is 0 Å². The molecule has 2 aromatic rings. The van der Waals surface area contributed by atoms with Gasteiger partial charge in [0.2, 0.25) is 0 Å². The van der Waals surface area contributed by atoms with E-state index < -0.39 is 0 Å². The van der Waals surface area contributed by atoms with E-state index in [1.165, 1.54) is 0 Å². The molecule has 0 heterocycles. The lowest BCUT2D eigenvalue weighted by Gasteiger charge is -2.37. The van der Waals surface area contributed by atoms with Crippen LogP contribution in [0.3, 0.4) is 0 Å². The lowest BCUT2D eigenvalue weighted by atomic mass is 9.73. The second kappa shape index (κ2) is 5.55. The molecule has 0 spiro atoms. The molecular formula is C17H22N2. The van der Waals surface area contributed by atoms with Crippen molar-refractivity contribution >= 4 is 0 Å². The van der Waals surface area contributed by atoms with Crippen LogP contribution in [-0.4, -0.2) is 0 Å². The maximum absolute atomic E-state index is 6.43. The first-order valence-corrected chi connectivity index (χ1v) is 6.64. The van der Waals surface area contributed by atoms with E-state index in [2.05, 4.69) is 38.1 Å². The molecule has 0 saturated carbocycles. The fourth-order valence-electron chi connectivity index (χ4n) is 2.37. The van der Waals surface area contributed by atoms with E-state index in [0.717, 1.165) is 11.1 Å². The summed E-state index contributed by atoms with van der Waals surface area (Å²) in [5.74, 6) is 0. The highest BCUT2D eigenvalue weighted by Gasteiger charge is 2.34. The molecule has 0 aliphatic carbocycles. The van der Waals surface area contributed by atoms with E-state index in [0.29, 0.717) is 0 Å². The van der Waals surface area contributed by atoms with Gasteiger partial charge in [-0.3, -0.25) is 0 Å². The molecule has 19 heavy (non-hydrogen) atoms. The maximum atomic E-state index is 6.43. The largest absolute Gasteiger partial charge is 0.323 e. The highest BCUT2D eigenvalue weighted by atomic mass is 14.8. The van der Waals surface area contributed by atoms with Crippen molar-refractivity contribution in [3.05, 3.63) is 71.8 Å². The molecule has 2 nitrogen and oxygen atoms in total. The molecule has 2 rings (SSSR count). The molecule has 100 valence electrons. The first-order chi connectivity index (χ1) is 9.03. The van der Waals surface area contributed by atoms with Crippen molar-refractivity contribution in [1.29, 1.82) is 0 Å². The molecule has 0 radical (unpaired) electrons. The third kappa shape index (κ3) is 2.86. The number of hydrogen-bond donors (Lipinski definition) is 2. The molecule has 0 saturated heterocycles. The molecule has 0 bridgehead atoms. The average Bonchev–Trinajstić information content (AvgIpc) is 2.47. The Labute approximate surface area is 115 Å². The Hall–Kier alpha value is -1.64. The van der Waals surface area contributed by atoms with E-state index in [9.17, 15) is 0 Å². The van der Waals surface area contributed by atoms with Crippen LogP contribution in [0.4, 0.5) is 0 Å². The summed E-state index contributed by atoms with van der Waals surface area (Å²) in [5, 5.41) is 0. The molecule has 0 fully saturated rings. The normalized spacial score (nSPS) is 14.9. The van der Waals surface area contributed by atoms with Crippen LogP contribution in [0.25, 0.3) is 0 Å². The molecule has 0 aromatic heterocycles. The number of rotatable bonds is 4. The summed E-state index contributed by atoms with van der Waals surface area (Å²) < 4.78 is 0. The van der Waals surface area contributed by atoms with Gasteiger partial charge in [0.1, 0.15) is 0 Å². The van der Waals surface area contributed by atoms with E-state index in [1.807, 2.05) is 36.4 Å². The fraction of sp³-hybridized carbons (Fsp3) is 0.294. The molecule has 2 aromatic carbocycles. The summed E-state index contributed by atoms with van der Waals surface area (Å²) in [6, 6.07) is 20.1. The first-order valence-electron chi connectivity index (χ1n) is 6.64. The van der Waals surface area contributed by atoms with Gasteiger partial charge in [-0.05, 0) is 11.1 Å². The van der Waals surface area contributed by atoms with Gasteiger partial charge in [0, 0.05) is 17.5 Å². The van der Waals surface area contributed by atoms with Gasteiger partial charge >= 0.3 is 0 Å². The van der Waals surface area contributed by atoms with E-state index in [1.54, 1.807) is 0 Å². The predicted molar refractivity (Wildman–Crippen MR) is 80.5 cm³/mol. The maximum Gasteiger partial charge on any atom is 0.0365 e. The van der Waals surface area contributed by atoms with Crippen LogP contribution in [0.15, 0.2) is 60.7 Å². The van der Waals surface area contributed by atoms with Gasteiger partial charge in [-0.2, -0.15) is 0 Å². The Bertz CT molecular complexity index is 458. The van der Waals surface area contributed by atoms with E-state index in [4.69, 9.17) is 11.5 Å². The minimum Gasteiger partial charge on any atom is -0.323 e. The van der Waals surface area contributed by atoms with Gasteiger partial charge in [0.05, 0.1) is 0 Å². The standard InChI is InChI=1S/C17H22N2/c1-17(2,15(18)13-9-5-3-6-10-13)16(19)14-11-7-4-8-12-14/h3-12,15-16H,18-19H2,1-2H3. The SMILES string of the molecule is CC(C)(C(N)c1ccccc1)C(N)c1ccccc1. The van der Waals surface area contributed by atoms with Crippen LogP contribution < -0.4 is 11.5 Å². The summed E-state index contributed by atoms with van der Waals surface area (Å²) >= 11 is 0. The van der Waals surface area contributed by atoms with Gasteiger partial charge in [0.25, 0.3) is 0 Å². The molecule has 4 N–H and O–H groups in total. The van der Waals surface area contributed by atoms with Crippen molar-refractivity contribution in [3.63, 3.8) is 0 Å². The van der Waals surface area contributed by atoms with Crippen molar-refractivity contribution in [2.45, 2.75) is 25.9 Å². The zero-order valence-electron chi connectivity index (χ0n) is 11.6. The molecule has 0 aliphatic heterocycles. The van der Waals surface area contributed by atoms with Crippen molar-refractivity contribution in [1.82, 2.24) is 0 Å². The van der Waals surface area contributed by atoms with Crippen LogP contribution in [0.5, 0.6) is 0 Å². The lowest BCUT2D eigenvalue weighted by Crippen LogP contribution is -2.38. The lowest BCUT2D eigenvalue weighted by molar-refractivity contribution is 0.229. The predicted octanol–water partition coefficient (Wildman–Crippen LogP) is 3.41. The first kappa shape index (κ1) is 13.8. The Morgan fingerprint density at radius 3 is 1.32 bits per heavy atom. The van der Waals surface area contributed by atoms with E-state index in [-0.39, 0.29) is 17.5 Å². The zero-order chi connectivity index (χ0) is 13.9. The van der Waals surface area contributed by atoms with E-state index >= 15 is 0 Å². The van der Waals surface area contributed by atoms with Crippen LogP contribution in [0.1, 0.15) is 37.1 Å². The monoisotopic (exact) mass is 254 g/mol. The Balaban J connectivity index is 2.27. The van der Waals surface area contributed by atoms with Crippen molar-refractivity contribution < 1.29 is 0 Å². The molecular weight excluding hydrogens is 232 g/mol. The Morgan fingerprint density at radius 2 is 1.00 bits per heavy atom. The minimum atomic E-state index is -0.220. The number of nitrogens with two attached hydrogens (primary N) is 2. The van der Waals surface area contributed by atoms with Crippen molar-refractivity contribution in [3.8, 4) is 0 Å². The smallest absolute Gasteiger partial charge is 0.0365 e. The molecule has 0 amide bonds. The minimum absolute atomic E-state index is 0.0936. The highest BCUT2D eigenvalue weighted by molar-refractivity contribution is 5.26. The number of hydrogen-bond acceptors (Lipinski definition) is 2. The molecule has 0 aliphatic rings. The third-order valence-electron chi connectivity index (χ3n) is 3.92. The van der Waals surface area contributed by atoms with Crippen molar-refractivity contribution in [2.24, 2.45) is 16.9 Å². The molecule has 2 unspecified atom stereocenters. The third-order valence-corrected chi connectivity index (χ3v) is 3.92. The summed E-state index contributed by atoms with van der Waals surface area (Å²) in [6.07, 6.45) is 0. The fourth-order valence-corrected chi connectivity index (χ4v) is 2.37. The molecule has 2 heteroatoms. The van der Waals surface area contributed by atoms with Crippen molar-refractivity contribution in [2.75, 3.05) is 0 Å². The summed E-state index contributed by atoms with van der Waals surface area (Å²) in [6.45, 7) is 4.25. The van der Waals surface area contributed by atoms with Gasteiger partial charge in [0.15, 0.2) is 0 Å². The number of benzene rings is 2. The van der Waals surface area contributed by atoms with Crippen LogP contribution >= 0.6 is 0 Å². The van der Waals surface area contributed by atoms with Crippen LogP contribution in [0, 0.1) is 5.41 Å². The van der Waals surface area contributed by atoms with Gasteiger partial charge in [-0.1, -0.05) is 74.5 Å². The summed E-state index contributed by atoms with van der Waals surface area (Å²) in [5.41, 5.74) is 14.9. The average molecular weight is 254 g/mol. The van der Waals surface area contributed by atoms with Crippen LogP contribution in [-0.2, 0) is 0 Å². The topological polar surface area (TPSA) is 52.0 Å². The Kier molecular flexibility index (Phi) is 4.03. The molecule has 2 atom stereocenters. The second-order valence-corrected chi connectivity index (χ2v) is 5.60. The van der Waals surface area contributed by atoms with Crippen LogP contribution in [0.2, 0.25) is 0 Å².